The monoisotopic (exact) mass is 282 g/mol. The van der Waals surface area contributed by atoms with Crippen molar-refractivity contribution < 1.29 is 24.2 Å². The summed E-state index contributed by atoms with van der Waals surface area (Å²) in [5, 5.41) is 9.21. The van der Waals surface area contributed by atoms with E-state index in [1.807, 2.05) is 6.08 Å². The lowest BCUT2D eigenvalue weighted by Crippen LogP contribution is -2.57. The SMILES string of the molecule is NC(=O)C1COCCN1C(=O)C1CC=CCC1C(=O)O. The number of carbonyl (C=O) groups excluding carboxylic acids is 2. The van der Waals surface area contributed by atoms with Gasteiger partial charge in [0.25, 0.3) is 0 Å². The predicted octanol–water partition coefficient (Wildman–Crippen LogP) is -0.634. The zero-order valence-electron chi connectivity index (χ0n) is 11.0. The molecule has 0 aromatic carbocycles. The minimum atomic E-state index is -0.989. The van der Waals surface area contributed by atoms with Crippen LogP contribution >= 0.6 is 0 Å². The molecule has 3 N–H and O–H groups in total. The summed E-state index contributed by atoms with van der Waals surface area (Å²) < 4.78 is 5.16. The van der Waals surface area contributed by atoms with E-state index in [2.05, 4.69) is 0 Å². The van der Waals surface area contributed by atoms with Crippen molar-refractivity contribution in [3.8, 4) is 0 Å². The number of nitrogens with zero attached hydrogens (tertiary/aromatic N) is 1. The van der Waals surface area contributed by atoms with Gasteiger partial charge in [-0.25, -0.2) is 0 Å². The fraction of sp³-hybridized carbons (Fsp3) is 0.615. The summed E-state index contributed by atoms with van der Waals surface area (Å²) in [6.45, 7) is 0.663. The molecule has 0 aromatic rings. The summed E-state index contributed by atoms with van der Waals surface area (Å²) in [7, 11) is 0. The molecule has 1 heterocycles. The van der Waals surface area contributed by atoms with Gasteiger partial charge in [0.1, 0.15) is 6.04 Å². The van der Waals surface area contributed by atoms with E-state index >= 15 is 0 Å². The fourth-order valence-corrected chi connectivity index (χ4v) is 2.68. The lowest BCUT2D eigenvalue weighted by Gasteiger charge is -2.37. The Kier molecular flexibility index (Phi) is 4.39. The number of nitrogens with two attached hydrogens (primary N) is 1. The summed E-state index contributed by atoms with van der Waals surface area (Å²) in [4.78, 5) is 36.5. The van der Waals surface area contributed by atoms with Crippen molar-refractivity contribution in [3.63, 3.8) is 0 Å². The Morgan fingerprint density at radius 1 is 1.20 bits per heavy atom. The molecule has 0 saturated carbocycles. The van der Waals surface area contributed by atoms with Crippen LogP contribution in [0.1, 0.15) is 12.8 Å². The summed E-state index contributed by atoms with van der Waals surface area (Å²) in [5.41, 5.74) is 5.28. The molecule has 2 amide bonds. The summed E-state index contributed by atoms with van der Waals surface area (Å²) in [6.07, 6.45) is 4.28. The van der Waals surface area contributed by atoms with Gasteiger partial charge in [-0.3, -0.25) is 14.4 Å². The van der Waals surface area contributed by atoms with Crippen molar-refractivity contribution in [1.82, 2.24) is 4.90 Å². The average Bonchev–Trinajstić information content (AvgIpc) is 2.46. The van der Waals surface area contributed by atoms with Crippen LogP contribution in [-0.2, 0) is 19.1 Å². The maximum absolute atomic E-state index is 12.5. The fourth-order valence-electron chi connectivity index (χ4n) is 2.68. The van der Waals surface area contributed by atoms with Crippen LogP contribution in [0.5, 0.6) is 0 Å². The molecule has 0 spiro atoms. The van der Waals surface area contributed by atoms with Crippen LogP contribution in [0.4, 0.5) is 0 Å². The minimum Gasteiger partial charge on any atom is -0.481 e. The molecule has 7 nitrogen and oxygen atoms in total. The van der Waals surface area contributed by atoms with E-state index < -0.39 is 29.8 Å². The highest BCUT2D eigenvalue weighted by atomic mass is 16.5. The van der Waals surface area contributed by atoms with Gasteiger partial charge in [0.05, 0.1) is 25.0 Å². The summed E-state index contributed by atoms with van der Waals surface area (Å²) >= 11 is 0. The summed E-state index contributed by atoms with van der Waals surface area (Å²) in [6, 6.07) is -0.809. The van der Waals surface area contributed by atoms with Crippen LogP contribution < -0.4 is 5.73 Å². The number of hydrogen-bond acceptors (Lipinski definition) is 4. The predicted molar refractivity (Wildman–Crippen MR) is 68.5 cm³/mol. The second-order valence-corrected chi connectivity index (χ2v) is 5.02. The van der Waals surface area contributed by atoms with Crippen LogP contribution in [-0.4, -0.2) is 53.6 Å². The highest BCUT2D eigenvalue weighted by Gasteiger charge is 2.40. The number of morpholine rings is 1. The molecule has 2 aliphatic rings. The third kappa shape index (κ3) is 2.82. The number of allylic oxidation sites excluding steroid dienone is 2. The van der Waals surface area contributed by atoms with Gasteiger partial charge >= 0.3 is 5.97 Å². The van der Waals surface area contributed by atoms with Gasteiger partial charge in [-0.15, -0.1) is 0 Å². The van der Waals surface area contributed by atoms with Crippen LogP contribution in [0.2, 0.25) is 0 Å². The van der Waals surface area contributed by atoms with E-state index in [0.29, 0.717) is 19.4 Å². The molecule has 3 atom stereocenters. The van der Waals surface area contributed by atoms with Crippen LogP contribution in [0.3, 0.4) is 0 Å². The highest BCUT2D eigenvalue weighted by molar-refractivity contribution is 5.90. The first-order chi connectivity index (χ1) is 9.52. The molecule has 7 heteroatoms. The molecule has 0 bridgehead atoms. The standard InChI is InChI=1S/C13H18N2O5/c14-11(16)10-7-20-6-5-15(10)12(17)8-3-1-2-4-9(8)13(18)19/h1-2,8-10H,3-7H2,(H2,14,16)(H,18,19). The molecule has 1 aliphatic heterocycles. The van der Waals surface area contributed by atoms with E-state index in [4.69, 9.17) is 10.5 Å². The number of carboxylic acids is 1. The van der Waals surface area contributed by atoms with Gasteiger partial charge < -0.3 is 20.5 Å². The van der Waals surface area contributed by atoms with Crippen molar-refractivity contribution in [2.24, 2.45) is 17.6 Å². The Hall–Kier alpha value is -1.89. The lowest BCUT2D eigenvalue weighted by atomic mass is 9.81. The molecule has 1 saturated heterocycles. The van der Waals surface area contributed by atoms with Gasteiger partial charge in [0.2, 0.25) is 11.8 Å². The molecule has 2 rings (SSSR count). The van der Waals surface area contributed by atoms with E-state index in [1.54, 1.807) is 6.08 Å². The molecule has 0 radical (unpaired) electrons. The zero-order valence-corrected chi connectivity index (χ0v) is 11.0. The van der Waals surface area contributed by atoms with Gasteiger partial charge in [-0.05, 0) is 12.8 Å². The number of carboxylic acid groups (broad SMARTS) is 1. The van der Waals surface area contributed by atoms with Crippen molar-refractivity contribution >= 4 is 17.8 Å². The van der Waals surface area contributed by atoms with Crippen molar-refractivity contribution in [2.75, 3.05) is 19.8 Å². The number of primary amides is 1. The Morgan fingerprint density at radius 2 is 1.85 bits per heavy atom. The number of aliphatic carboxylic acids is 1. The topological polar surface area (TPSA) is 110 Å². The Bertz CT molecular complexity index is 448. The van der Waals surface area contributed by atoms with Gasteiger partial charge in [0, 0.05) is 6.54 Å². The third-order valence-corrected chi connectivity index (χ3v) is 3.81. The molecular weight excluding hydrogens is 264 g/mol. The first kappa shape index (κ1) is 14.5. The molecule has 1 aliphatic carbocycles. The van der Waals surface area contributed by atoms with Gasteiger partial charge in [-0.2, -0.15) is 0 Å². The minimum absolute atomic E-state index is 0.0708. The van der Waals surface area contributed by atoms with E-state index in [1.165, 1.54) is 4.90 Å². The second kappa shape index (κ2) is 6.04. The van der Waals surface area contributed by atoms with Crippen LogP contribution in [0.15, 0.2) is 12.2 Å². The Morgan fingerprint density at radius 3 is 2.45 bits per heavy atom. The molecule has 1 fully saturated rings. The normalized spacial score (nSPS) is 30.0. The first-order valence-corrected chi connectivity index (χ1v) is 6.57. The molecule has 3 unspecified atom stereocenters. The third-order valence-electron chi connectivity index (χ3n) is 3.81. The quantitative estimate of drug-likeness (QED) is 0.669. The highest BCUT2D eigenvalue weighted by Crippen LogP contribution is 2.28. The number of amides is 2. The summed E-state index contributed by atoms with van der Waals surface area (Å²) in [5.74, 6) is -3.33. The Balaban J connectivity index is 2.17. The van der Waals surface area contributed by atoms with Crippen molar-refractivity contribution in [1.29, 1.82) is 0 Å². The zero-order chi connectivity index (χ0) is 14.7. The van der Waals surface area contributed by atoms with Crippen LogP contribution in [0, 0.1) is 11.8 Å². The first-order valence-electron chi connectivity index (χ1n) is 6.57. The largest absolute Gasteiger partial charge is 0.481 e. The van der Waals surface area contributed by atoms with Gasteiger partial charge in [-0.1, -0.05) is 12.2 Å². The number of carbonyl (C=O) groups is 3. The molecular formula is C13H18N2O5. The number of hydrogen-bond donors (Lipinski definition) is 2. The molecule has 0 aromatic heterocycles. The van der Waals surface area contributed by atoms with E-state index in [-0.39, 0.29) is 19.1 Å². The van der Waals surface area contributed by atoms with Gasteiger partial charge in [0.15, 0.2) is 0 Å². The lowest BCUT2D eigenvalue weighted by molar-refractivity contribution is -0.157. The number of ether oxygens (including phenoxy) is 1. The second-order valence-electron chi connectivity index (χ2n) is 5.02. The van der Waals surface area contributed by atoms with Crippen molar-refractivity contribution in [3.05, 3.63) is 12.2 Å². The average molecular weight is 282 g/mol. The van der Waals surface area contributed by atoms with E-state index in [9.17, 15) is 19.5 Å². The maximum atomic E-state index is 12.5. The molecule has 110 valence electrons. The Labute approximate surface area is 116 Å². The van der Waals surface area contributed by atoms with Crippen molar-refractivity contribution in [2.45, 2.75) is 18.9 Å². The van der Waals surface area contributed by atoms with Crippen LogP contribution in [0.25, 0.3) is 0 Å². The van der Waals surface area contributed by atoms with E-state index in [0.717, 1.165) is 0 Å². The number of rotatable bonds is 3. The maximum Gasteiger partial charge on any atom is 0.307 e. The molecule has 20 heavy (non-hydrogen) atoms. The smallest absolute Gasteiger partial charge is 0.307 e.